The number of piperazine rings is 1. The summed E-state index contributed by atoms with van der Waals surface area (Å²) in [6.07, 6.45) is -9.89. The van der Waals surface area contributed by atoms with Gasteiger partial charge >= 0.3 is 35.9 Å². The number of amides is 3. The Labute approximate surface area is 285 Å². The van der Waals surface area contributed by atoms with Crippen LogP contribution in [0.3, 0.4) is 0 Å². The summed E-state index contributed by atoms with van der Waals surface area (Å²) < 4.78 is 82.2. The molecule has 15 nitrogen and oxygen atoms in total. The van der Waals surface area contributed by atoms with E-state index in [1.165, 1.54) is 6.92 Å². The summed E-state index contributed by atoms with van der Waals surface area (Å²) in [7, 11) is 0.920. The minimum Gasteiger partial charge on any atom is -0.367 e. The molecule has 3 amide bonds. The standard InChI is InChI=1S/C30H36F6N4O11/c1-14-9-19(31)5-6-21(14)22-13-20(40-29(48,49)27(44,45)39(15(2)41)28(46,47)30(40,50)51)7-8-38(22)24(42)37(4)25(3,43)17-10-16(23(32)33)11-18(12-17)26(34,35)36/h5-6,9-12,20,22-23,43-51H,7-8,13H2,1-4H3. The minimum atomic E-state index is -5.13. The second-order valence-corrected chi connectivity index (χ2v) is 12.7. The van der Waals surface area contributed by atoms with Crippen LogP contribution in [0, 0.1) is 12.7 Å². The van der Waals surface area contributed by atoms with Crippen molar-refractivity contribution in [1.82, 2.24) is 19.6 Å². The van der Waals surface area contributed by atoms with Gasteiger partial charge in [0.2, 0.25) is 5.91 Å². The van der Waals surface area contributed by atoms with Gasteiger partial charge in [-0.2, -0.15) is 18.1 Å². The molecule has 284 valence electrons. The normalized spacial score (nSPS) is 24.3. The quantitative estimate of drug-likeness (QED) is 0.148. The number of aliphatic hydroxyl groups is 9. The van der Waals surface area contributed by atoms with E-state index in [1.807, 2.05) is 0 Å². The number of aryl methyl sites for hydroxylation is 1. The third-order valence-electron chi connectivity index (χ3n) is 9.31. The highest BCUT2D eigenvalue weighted by molar-refractivity contribution is 5.76. The summed E-state index contributed by atoms with van der Waals surface area (Å²) in [6, 6.07) is -0.232. The number of hydrogen-bond donors (Lipinski definition) is 9. The number of halogens is 6. The van der Waals surface area contributed by atoms with Gasteiger partial charge in [-0.3, -0.25) is 9.69 Å². The van der Waals surface area contributed by atoms with Gasteiger partial charge in [-0.05, 0) is 68.1 Å². The monoisotopic (exact) mass is 742 g/mol. The number of hydrogen-bond acceptors (Lipinski definition) is 12. The number of piperidine rings is 1. The molecule has 0 aliphatic carbocycles. The number of likely N-dealkylation sites (tertiary alicyclic amines) is 1. The molecule has 2 aromatic carbocycles. The first-order chi connectivity index (χ1) is 23.0. The molecule has 2 heterocycles. The highest BCUT2D eigenvalue weighted by atomic mass is 19.4. The number of rotatable bonds is 5. The molecule has 0 spiro atoms. The number of benzene rings is 2. The van der Waals surface area contributed by atoms with E-state index in [9.17, 15) is 81.9 Å². The smallest absolute Gasteiger partial charge is 0.367 e. The first kappa shape index (κ1) is 40.1. The lowest BCUT2D eigenvalue weighted by atomic mass is 9.87. The molecule has 9 N–H and O–H groups in total. The van der Waals surface area contributed by atoms with Gasteiger partial charge in [0.25, 0.3) is 6.43 Å². The molecule has 0 bridgehead atoms. The van der Waals surface area contributed by atoms with Gasteiger partial charge < -0.3 is 50.9 Å². The molecule has 2 aliphatic rings. The van der Waals surface area contributed by atoms with Crippen molar-refractivity contribution in [1.29, 1.82) is 0 Å². The predicted molar refractivity (Wildman–Crippen MR) is 156 cm³/mol. The molecule has 2 aliphatic heterocycles. The van der Waals surface area contributed by atoms with Gasteiger partial charge in [-0.15, -0.1) is 0 Å². The van der Waals surface area contributed by atoms with Crippen LogP contribution in [-0.2, 0) is 16.7 Å². The molecule has 2 saturated heterocycles. The van der Waals surface area contributed by atoms with Crippen LogP contribution in [0.2, 0.25) is 0 Å². The lowest BCUT2D eigenvalue weighted by Crippen LogP contribution is -2.92. The molecular formula is C30H36F6N4O11. The maximum Gasteiger partial charge on any atom is 0.416 e. The Morgan fingerprint density at radius 1 is 0.902 bits per heavy atom. The van der Waals surface area contributed by atoms with Crippen LogP contribution < -0.4 is 0 Å². The minimum absolute atomic E-state index is 0.0744. The van der Waals surface area contributed by atoms with Crippen molar-refractivity contribution < 1.29 is 81.9 Å². The Morgan fingerprint density at radius 2 is 1.43 bits per heavy atom. The van der Waals surface area contributed by atoms with Crippen molar-refractivity contribution >= 4 is 11.9 Å². The Hall–Kier alpha value is -3.64. The summed E-state index contributed by atoms with van der Waals surface area (Å²) in [4.78, 5) is 26.4. The largest absolute Gasteiger partial charge is 0.416 e. The van der Waals surface area contributed by atoms with Crippen LogP contribution in [0.25, 0.3) is 0 Å². The fourth-order valence-electron chi connectivity index (χ4n) is 6.51. The average molecular weight is 743 g/mol. The second-order valence-electron chi connectivity index (χ2n) is 12.7. The zero-order chi connectivity index (χ0) is 39.0. The number of alkyl halides is 5. The lowest BCUT2D eigenvalue weighted by Gasteiger charge is -2.63. The van der Waals surface area contributed by atoms with Crippen molar-refractivity contribution in [2.24, 2.45) is 0 Å². The first-order valence-electron chi connectivity index (χ1n) is 15.0. The molecule has 51 heavy (non-hydrogen) atoms. The summed E-state index contributed by atoms with van der Waals surface area (Å²) >= 11 is 0. The summed E-state index contributed by atoms with van der Waals surface area (Å²) in [5.74, 6) is -19.8. The number of carbonyl (C=O) groups excluding carboxylic acids is 2. The number of urea groups is 1. The van der Waals surface area contributed by atoms with Crippen LogP contribution in [0.1, 0.15) is 67.0 Å². The molecular weight excluding hydrogens is 706 g/mol. The van der Waals surface area contributed by atoms with Crippen LogP contribution in [0.15, 0.2) is 36.4 Å². The average Bonchev–Trinajstić information content (AvgIpc) is 2.98. The zero-order valence-electron chi connectivity index (χ0n) is 27.2. The summed E-state index contributed by atoms with van der Waals surface area (Å²) in [5, 5.41) is 97.6. The van der Waals surface area contributed by atoms with E-state index in [0.717, 1.165) is 37.1 Å². The van der Waals surface area contributed by atoms with Crippen LogP contribution in [-0.4, -0.2) is 121 Å². The summed E-state index contributed by atoms with van der Waals surface area (Å²) in [6.45, 7) is 2.08. The van der Waals surface area contributed by atoms with Crippen LogP contribution in [0.4, 0.5) is 31.1 Å². The Morgan fingerprint density at radius 3 is 1.90 bits per heavy atom. The van der Waals surface area contributed by atoms with E-state index in [1.54, 1.807) is 0 Å². The van der Waals surface area contributed by atoms with Crippen molar-refractivity contribution in [3.05, 3.63) is 70.0 Å². The molecule has 2 fully saturated rings. The van der Waals surface area contributed by atoms with E-state index in [4.69, 9.17) is 0 Å². The maximum absolute atomic E-state index is 14.2. The molecule has 3 atom stereocenters. The van der Waals surface area contributed by atoms with Crippen molar-refractivity contribution in [2.75, 3.05) is 13.6 Å². The Bertz CT molecular complexity index is 1660. The Balaban J connectivity index is 1.81. The van der Waals surface area contributed by atoms with Gasteiger partial charge in [0, 0.05) is 37.7 Å². The molecule has 21 heteroatoms. The molecule has 0 aromatic heterocycles. The summed E-state index contributed by atoms with van der Waals surface area (Å²) in [5.41, 5.74) is -5.96. The van der Waals surface area contributed by atoms with Crippen LogP contribution in [0.5, 0.6) is 0 Å². The van der Waals surface area contributed by atoms with Crippen molar-refractivity contribution in [3.8, 4) is 0 Å². The van der Waals surface area contributed by atoms with Crippen molar-refractivity contribution in [3.63, 3.8) is 0 Å². The highest BCUT2D eigenvalue weighted by Crippen LogP contribution is 2.48. The maximum atomic E-state index is 14.2. The topological polar surface area (TPSA) is 229 Å². The number of nitrogens with zero attached hydrogens (tertiary/aromatic N) is 4. The molecule has 0 saturated carbocycles. The predicted octanol–water partition coefficient (Wildman–Crippen LogP) is 0.231. The van der Waals surface area contributed by atoms with Gasteiger partial charge in [0.05, 0.1) is 11.6 Å². The zero-order valence-corrected chi connectivity index (χ0v) is 27.2. The van der Waals surface area contributed by atoms with Gasteiger partial charge in [-0.1, -0.05) is 6.07 Å². The molecule has 0 radical (unpaired) electrons. The third-order valence-corrected chi connectivity index (χ3v) is 9.31. The Kier molecular flexibility index (Phi) is 10.1. The van der Waals surface area contributed by atoms with E-state index in [2.05, 4.69) is 0 Å². The van der Waals surface area contributed by atoms with E-state index in [0.29, 0.717) is 24.0 Å². The van der Waals surface area contributed by atoms with E-state index in [-0.39, 0.29) is 22.1 Å². The first-order valence-corrected chi connectivity index (χ1v) is 15.0. The second kappa shape index (κ2) is 12.8. The third kappa shape index (κ3) is 6.51. The fourth-order valence-corrected chi connectivity index (χ4v) is 6.51. The molecule has 4 rings (SSSR count). The molecule has 3 unspecified atom stereocenters. The SMILES string of the molecule is CC(=O)N1C(O)(O)C(O)(O)N(C2CCN(C(=O)N(C)C(C)(O)c3cc(C(F)F)cc(C(F)(F)F)c3)C(c3ccc(F)cc3C)C2)C(O)(O)C1(O)O. The highest BCUT2D eigenvalue weighted by Gasteiger charge is 2.79. The lowest BCUT2D eigenvalue weighted by molar-refractivity contribution is -0.604. The van der Waals surface area contributed by atoms with E-state index < -0.39 is 113 Å². The van der Waals surface area contributed by atoms with E-state index >= 15 is 0 Å². The fraction of sp³-hybridized carbons (Fsp3) is 0.533. The van der Waals surface area contributed by atoms with Gasteiger partial charge in [0.1, 0.15) is 5.82 Å². The van der Waals surface area contributed by atoms with Gasteiger partial charge in [0.15, 0.2) is 5.72 Å². The number of carbonyl (C=O) groups is 2. The van der Waals surface area contributed by atoms with Gasteiger partial charge in [-0.25, -0.2) is 22.9 Å². The molecule has 2 aromatic rings. The van der Waals surface area contributed by atoms with Crippen molar-refractivity contribution in [2.45, 2.75) is 87.7 Å². The van der Waals surface area contributed by atoms with Crippen LogP contribution >= 0.6 is 0 Å².